The van der Waals surface area contributed by atoms with Crippen LogP contribution in [0.2, 0.25) is 5.02 Å². The molecule has 0 bridgehead atoms. The molecule has 3 aromatic carbocycles. The van der Waals surface area contributed by atoms with Gasteiger partial charge < -0.3 is 5.32 Å². The molecule has 3 aromatic rings. The summed E-state index contributed by atoms with van der Waals surface area (Å²) in [7, 11) is 0. The highest BCUT2D eigenvalue weighted by Gasteiger charge is 2.67. The van der Waals surface area contributed by atoms with Crippen molar-refractivity contribution in [2.24, 2.45) is 5.92 Å². The first-order chi connectivity index (χ1) is 16.4. The second kappa shape index (κ2) is 9.41. The first-order valence-electron chi connectivity index (χ1n) is 10.00. The molecule has 2 unspecified atom stereocenters. The maximum absolute atomic E-state index is 13.9. The maximum atomic E-state index is 13.9. The topological polar surface area (TPSA) is 46.2 Å². The monoisotopic (exact) mass is 547 g/mol. The van der Waals surface area contributed by atoms with E-state index in [2.05, 4.69) is 5.32 Å². The van der Waals surface area contributed by atoms with Gasteiger partial charge in [-0.05, 0) is 47.5 Å². The van der Waals surface area contributed by atoms with Crippen molar-refractivity contribution in [3.8, 4) is 0 Å². The van der Waals surface area contributed by atoms with E-state index in [1.807, 2.05) is 0 Å². The molecule has 1 amide bonds. The van der Waals surface area contributed by atoms with Crippen molar-refractivity contribution in [1.29, 1.82) is 0 Å². The number of hydrogen-bond acceptors (Lipinski definition) is 2. The van der Waals surface area contributed by atoms with Crippen LogP contribution in [-0.2, 0) is 11.2 Å². The largest absolute Gasteiger partial charge is 0.326 e. The Bertz CT molecular complexity index is 1340. The van der Waals surface area contributed by atoms with Crippen molar-refractivity contribution in [3.05, 3.63) is 99.3 Å². The van der Waals surface area contributed by atoms with Gasteiger partial charge in [0, 0.05) is 29.7 Å². The number of rotatable bonds is 6. The summed E-state index contributed by atoms with van der Waals surface area (Å²) >= 11 is 18.4. The lowest BCUT2D eigenvalue weighted by molar-refractivity contribution is -0.117. The minimum absolute atomic E-state index is 0.0288. The van der Waals surface area contributed by atoms with Crippen molar-refractivity contribution in [1.82, 2.24) is 0 Å². The first kappa shape index (κ1) is 25.4. The van der Waals surface area contributed by atoms with E-state index in [4.69, 9.17) is 34.8 Å². The third-order valence-electron chi connectivity index (χ3n) is 5.60. The van der Waals surface area contributed by atoms with Crippen LogP contribution in [0, 0.1) is 35.0 Å². The molecule has 2 atom stereocenters. The third kappa shape index (κ3) is 5.01. The molecule has 0 saturated heterocycles. The Hall–Kier alpha value is -2.68. The molecule has 0 aromatic heterocycles. The van der Waals surface area contributed by atoms with E-state index in [-0.39, 0.29) is 27.4 Å². The number of carbonyl (C=O) groups excluding carboxylic acids is 2. The van der Waals surface area contributed by atoms with Crippen molar-refractivity contribution in [3.63, 3.8) is 0 Å². The summed E-state index contributed by atoms with van der Waals surface area (Å²) < 4.78 is 65.8. The third-order valence-corrected chi connectivity index (χ3v) is 6.87. The number of Topliss-reactive ketones (excluding diaryl/α,β-unsaturated/α-hetero) is 1. The molecule has 4 rings (SSSR count). The minimum Gasteiger partial charge on any atom is -0.326 e. The van der Waals surface area contributed by atoms with Crippen LogP contribution in [0.25, 0.3) is 0 Å². The Morgan fingerprint density at radius 2 is 1.54 bits per heavy atom. The van der Waals surface area contributed by atoms with E-state index < -0.39 is 63.4 Å². The molecule has 1 aliphatic rings. The zero-order chi connectivity index (χ0) is 25.7. The van der Waals surface area contributed by atoms with Gasteiger partial charge in [-0.2, -0.15) is 0 Å². The van der Waals surface area contributed by atoms with E-state index in [0.29, 0.717) is 18.2 Å². The standard InChI is InChI=1S/C24H13Cl3F5NO2/c25-15-4-3-13(9-14(15)19(34)7-10-1-2-12(28)8-16(10)29)33-23(35)21-20(24(21,26)27)11-5-17(30)22(32)18(31)6-11/h1-6,8-9,20-21H,7H2,(H,33,35). The molecule has 0 radical (unpaired) electrons. The first-order valence-corrected chi connectivity index (χ1v) is 11.1. The SMILES string of the molecule is O=C(Cc1ccc(F)cc1F)c1cc(NC(=O)C2C(c3cc(F)c(F)c(F)c3)C2(Cl)Cl)ccc1Cl. The fourth-order valence-corrected chi connectivity index (χ4v) is 4.84. The lowest BCUT2D eigenvalue weighted by atomic mass is 10.0. The number of halogens is 8. The fraction of sp³-hybridized carbons (Fsp3) is 0.167. The van der Waals surface area contributed by atoms with E-state index >= 15 is 0 Å². The molecule has 1 fully saturated rings. The lowest BCUT2D eigenvalue weighted by Gasteiger charge is -2.10. The number of anilines is 1. The minimum atomic E-state index is -1.72. The molecule has 3 nitrogen and oxygen atoms in total. The van der Waals surface area contributed by atoms with Crippen LogP contribution in [-0.4, -0.2) is 16.0 Å². The molecule has 1 saturated carbocycles. The van der Waals surface area contributed by atoms with Crippen molar-refractivity contribution < 1.29 is 31.5 Å². The Morgan fingerprint density at radius 1 is 0.886 bits per heavy atom. The molecule has 11 heteroatoms. The van der Waals surface area contributed by atoms with Crippen LogP contribution in [0.15, 0.2) is 48.5 Å². The second-order valence-electron chi connectivity index (χ2n) is 7.95. The molecule has 0 heterocycles. The van der Waals surface area contributed by atoms with Gasteiger partial charge in [-0.1, -0.05) is 17.7 Å². The maximum Gasteiger partial charge on any atom is 0.231 e. The molecule has 0 aliphatic heterocycles. The smallest absolute Gasteiger partial charge is 0.231 e. The highest BCUT2D eigenvalue weighted by atomic mass is 35.5. The summed E-state index contributed by atoms with van der Waals surface area (Å²) in [6, 6.07) is 8.19. The van der Waals surface area contributed by atoms with Gasteiger partial charge in [-0.15, -0.1) is 23.2 Å². The van der Waals surface area contributed by atoms with Gasteiger partial charge in [0.1, 0.15) is 16.0 Å². The number of benzene rings is 3. The van der Waals surface area contributed by atoms with Crippen molar-refractivity contribution >= 4 is 52.2 Å². The van der Waals surface area contributed by atoms with Gasteiger partial charge in [0.05, 0.1) is 10.9 Å². The number of carbonyl (C=O) groups is 2. The fourth-order valence-electron chi connectivity index (χ4n) is 3.79. The molecular formula is C24H13Cl3F5NO2. The predicted molar refractivity (Wildman–Crippen MR) is 121 cm³/mol. The van der Waals surface area contributed by atoms with Gasteiger partial charge in [0.25, 0.3) is 0 Å². The summed E-state index contributed by atoms with van der Waals surface area (Å²) in [6.45, 7) is 0. The summed E-state index contributed by atoms with van der Waals surface area (Å²) in [5.74, 6) is -9.74. The summed E-state index contributed by atoms with van der Waals surface area (Å²) in [4.78, 5) is 25.5. The predicted octanol–water partition coefficient (Wildman–Crippen LogP) is 6.99. The van der Waals surface area contributed by atoms with Crippen LogP contribution in [0.4, 0.5) is 27.6 Å². The van der Waals surface area contributed by atoms with Crippen LogP contribution in [0.3, 0.4) is 0 Å². The van der Waals surface area contributed by atoms with Gasteiger partial charge >= 0.3 is 0 Å². The average molecular weight is 549 g/mol. The molecule has 35 heavy (non-hydrogen) atoms. The second-order valence-corrected chi connectivity index (χ2v) is 9.80. The quantitative estimate of drug-likeness (QED) is 0.156. The number of hydrogen-bond donors (Lipinski definition) is 1. The van der Waals surface area contributed by atoms with Gasteiger partial charge in [0.15, 0.2) is 23.2 Å². The normalized spacial score (nSPS) is 18.3. The van der Waals surface area contributed by atoms with Crippen molar-refractivity contribution in [2.45, 2.75) is 16.7 Å². The van der Waals surface area contributed by atoms with E-state index in [9.17, 15) is 31.5 Å². The number of alkyl halides is 2. The number of amides is 1. The molecule has 1 N–H and O–H groups in total. The Balaban J connectivity index is 1.52. The Morgan fingerprint density at radius 3 is 2.17 bits per heavy atom. The highest BCUT2D eigenvalue weighted by Crippen LogP contribution is 2.65. The van der Waals surface area contributed by atoms with E-state index in [0.717, 1.165) is 12.1 Å². The van der Waals surface area contributed by atoms with Gasteiger partial charge in [-0.25, -0.2) is 22.0 Å². The Labute approximate surface area is 210 Å². The number of nitrogens with one attached hydrogen (secondary N) is 1. The van der Waals surface area contributed by atoms with Gasteiger partial charge in [0.2, 0.25) is 5.91 Å². The molecule has 182 valence electrons. The molecular weight excluding hydrogens is 536 g/mol. The van der Waals surface area contributed by atoms with E-state index in [1.54, 1.807) is 0 Å². The zero-order valence-corrected chi connectivity index (χ0v) is 19.6. The summed E-state index contributed by atoms with van der Waals surface area (Å²) in [5, 5.41) is 2.53. The van der Waals surface area contributed by atoms with Crippen LogP contribution < -0.4 is 5.32 Å². The summed E-state index contributed by atoms with van der Waals surface area (Å²) in [6.07, 6.45) is -0.415. The van der Waals surface area contributed by atoms with Crippen LogP contribution in [0.1, 0.15) is 27.4 Å². The highest BCUT2D eigenvalue weighted by molar-refractivity contribution is 6.53. The average Bonchev–Trinajstić information content (AvgIpc) is 3.37. The lowest BCUT2D eigenvalue weighted by Crippen LogP contribution is -2.17. The number of ketones is 1. The van der Waals surface area contributed by atoms with Gasteiger partial charge in [-0.3, -0.25) is 9.59 Å². The Kier molecular flexibility index (Phi) is 6.83. The zero-order valence-electron chi connectivity index (χ0n) is 17.3. The molecule has 0 spiro atoms. The molecule has 1 aliphatic carbocycles. The van der Waals surface area contributed by atoms with E-state index in [1.165, 1.54) is 18.2 Å². The van der Waals surface area contributed by atoms with Crippen LogP contribution >= 0.6 is 34.8 Å². The van der Waals surface area contributed by atoms with Crippen molar-refractivity contribution in [2.75, 3.05) is 5.32 Å². The van der Waals surface area contributed by atoms with Crippen LogP contribution in [0.5, 0.6) is 0 Å². The summed E-state index contributed by atoms with van der Waals surface area (Å²) in [5.41, 5.74) is -0.0600.